The molecule has 0 bridgehead atoms. The summed E-state index contributed by atoms with van der Waals surface area (Å²) in [6.45, 7) is 14.7. The first-order chi connectivity index (χ1) is 19.6. The van der Waals surface area contributed by atoms with E-state index in [-0.39, 0.29) is 12.0 Å². The van der Waals surface area contributed by atoms with Crippen LogP contribution < -0.4 is 5.32 Å². The van der Waals surface area contributed by atoms with Crippen LogP contribution >= 0.6 is 0 Å². The van der Waals surface area contributed by atoms with Crippen molar-refractivity contribution in [2.24, 2.45) is 20.9 Å². The third-order valence-electron chi connectivity index (χ3n) is 6.19. The summed E-state index contributed by atoms with van der Waals surface area (Å²) in [5.41, 5.74) is 1.04. The van der Waals surface area contributed by atoms with Gasteiger partial charge in [0.05, 0.1) is 11.5 Å². The average Bonchev–Trinajstić information content (AvgIpc) is 3.25. The molecule has 0 amide bonds. The minimum atomic E-state index is -4.27. The van der Waals surface area contributed by atoms with Crippen LogP contribution in [0.3, 0.4) is 0 Å². The molecule has 1 atom stereocenters. The summed E-state index contributed by atoms with van der Waals surface area (Å²) in [5.74, 6) is -0.293. The Kier molecular flexibility index (Phi) is 16.1. The topological polar surface area (TPSA) is 92.9 Å². The molecule has 3 heterocycles. The van der Waals surface area contributed by atoms with E-state index in [1.165, 1.54) is 31.5 Å². The molecule has 1 saturated heterocycles. The van der Waals surface area contributed by atoms with Gasteiger partial charge in [-0.2, -0.15) is 13.2 Å². The predicted octanol–water partition coefficient (Wildman–Crippen LogP) is 6.34. The highest BCUT2D eigenvalue weighted by atomic mass is 19.4. The summed E-state index contributed by atoms with van der Waals surface area (Å²) in [6.07, 6.45) is 9.49. The number of piperazine rings is 1. The molecule has 0 radical (unpaired) electrons. The number of aliphatic carboxylic acids is 1. The molecule has 0 aromatic rings. The smallest absolute Gasteiger partial charge is 0.395 e. The number of halogens is 3. The standard InChI is InChI=1S/C26H33F3N6O2.2C2H6/c1-19(25(36)37)17-32-20(2)34-13-15-35(16-14-34)23-10-5-7-21(18-33-23)24-30-11-4-3-8-22(26(27,28)29)9-6-12-31-24;2*1-2/h3,5-6,8,10,12,17-18,22H,4,7,9,11,13-16H2,1-2H3,(H,30,31)(H,36,37);2*1-2H3/b8-3+,12-6+,19-17+,32-20?;;. The Morgan fingerprint density at radius 1 is 1.10 bits per heavy atom. The van der Waals surface area contributed by atoms with Gasteiger partial charge in [-0.05, 0) is 45.4 Å². The number of carbonyl (C=O) groups is 1. The van der Waals surface area contributed by atoms with Crippen LogP contribution in [0.4, 0.5) is 13.2 Å². The number of alkyl halides is 3. The Morgan fingerprint density at radius 3 is 2.41 bits per heavy atom. The van der Waals surface area contributed by atoms with E-state index in [2.05, 4.69) is 30.1 Å². The van der Waals surface area contributed by atoms with E-state index in [1.807, 2.05) is 46.8 Å². The lowest BCUT2D eigenvalue weighted by atomic mass is 10.0. The molecule has 1 unspecified atom stereocenters. The molecule has 0 spiro atoms. The number of rotatable bonds is 3. The Labute approximate surface area is 242 Å². The van der Waals surface area contributed by atoms with E-state index >= 15 is 0 Å². The first-order valence-corrected chi connectivity index (χ1v) is 14.2. The van der Waals surface area contributed by atoms with Gasteiger partial charge in [0.15, 0.2) is 0 Å². The van der Waals surface area contributed by atoms with Crippen LogP contribution in [0.5, 0.6) is 0 Å². The summed E-state index contributed by atoms with van der Waals surface area (Å²) in [6, 6.07) is 0. The van der Waals surface area contributed by atoms with E-state index in [9.17, 15) is 18.0 Å². The zero-order chi connectivity index (χ0) is 30.8. The molecular weight excluding hydrogens is 533 g/mol. The summed E-state index contributed by atoms with van der Waals surface area (Å²) >= 11 is 0. The number of allylic oxidation sites excluding steroid dienone is 3. The van der Waals surface area contributed by atoms with E-state index in [1.54, 1.807) is 12.3 Å². The van der Waals surface area contributed by atoms with Gasteiger partial charge in [-0.3, -0.25) is 4.99 Å². The Balaban J connectivity index is 0.00000201. The third kappa shape index (κ3) is 12.2. The highest BCUT2D eigenvalue weighted by molar-refractivity contribution is 6.01. The van der Waals surface area contributed by atoms with Crippen molar-refractivity contribution in [3.05, 3.63) is 60.1 Å². The molecule has 11 heteroatoms. The fraction of sp³-hybridized carbons (Fsp3) is 0.533. The van der Waals surface area contributed by atoms with Crippen molar-refractivity contribution in [1.29, 1.82) is 0 Å². The molecule has 3 aliphatic rings. The number of nitrogens with one attached hydrogen (secondary N) is 1. The highest BCUT2D eigenvalue weighted by Gasteiger charge is 2.36. The van der Waals surface area contributed by atoms with Crippen molar-refractivity contribution in [3.8, 4) is 0 Å². The number of nitrogens with zero attached hydrogens (tertiary/aromatic N) is 5. The summed E-state index contributed by atoms with van der Waals surface area (Å²) in [4.78, 5) is 28.7. The predicted molar refractivity (Wildman–Crippen MR) is 162 cm³/mol. The van der Waals surface area contributed by atoms with Gasteiger partial charge < -0.3 is 20.2 Å². The first-order valence-electron chi connectivity index (χ1n) is 14.2. The third-order valence-corrected chi connectivity index (χ3v) is 6.19. The van der Waals surface area contributed by atoms with Crippen LogP contribution in [0.15, 0.2) is 75.1 Å². The minimum Gasteiger partial charge on any atom is -0.478 e. The van der Waals surface area contributed by atoms with Crippen LogP contribution in [-0.4, -0.2) is 77.3 Å². The van der Waals surface area contributed by atoms with E-state index in [0.717, 1.165) is 43.4 Å². The molecule has 228 valence electrons. The SMILES string of the molecule is CC.CC.CC(=N/C=C(\C)C(=O)O)N1CCN(C2=NC=C(C3=NCC/C=C/C(C(F)(F)F)C/C=C/N3)CC=C2)CC1. The van der Waals surface area contributed by atoms with E-state index < -0.39 is 18.1 Å². The fourth-order valence-corrected chi connectivity index (χ4v) is 3.89. The zero-order valence-electron chi connectivity index (χ0n) is 25.1. The van der Waals surface area contributed by atoms with Crippen LogP contribution in [0.2, 0.25) is 0 Å². The van der Waals surface area contributed by atoms with Gasteiger partial charge in [-0.25, -0.2) is 14.8 Å². The van der Waals surface area contributed by atoms with Gasteiger partial charge in [0.25, 0.3) is 0 Å². The largest absolute Gasteiger partial charge is 0.478 e. The fourth-order valence-electron chi connectivity index (χ4n) is 3.89. The van der Waals surface area contributed by atoms with Gasteiger partial charge in [0.1, 0.15) is 17.5 Å². The molecule has 0 aliphatic carbocycles. The van der Waals surface area contributed by atoms with E-state index in [0.29, 0.717) is 25.2 Å². The zero-order valence-corrected chi connectivity index (χ0v) is 25.1. The van der Waals surface area contributed by atoms with Crippen molar-refractivity contribution in [2.75, 3.05) is 32.7 Å². The van der Waals surface area contributed by atoms with Gasteiger partial charge in [-0.15, -0.1) is 0 Å². The molecule has 0 saturated carbocycles. The van der Waals surface area contributed by atoms with Crippen molar-refractivity contribution < 1.29 is 23.1 Å². The highest BCUT2D eigenvalue weighted by Crippen LogP contribution is 2.30. The van der Waals surface area contributed by atoms with Crippen molar-refractivity contribution in [2.45, 2.75) is 67.0 Å². The second-order valence-corrected chi connectivity index (χ2v) is 8.89. The number of amidine groups is 3. The maximum absolute atomic E-state index is 13.1. The summed E-state index contributed by atoms with van der Waals surface area (Å²) in [5, 5.41) is 12.0. The number of aliphatic imine (C=N–C) groups is 3. The monoisotopic (exact) mass is 578 g/mol. The molecular formula is C30H45F3N6O2. The lowest BCUT2D eigenvalue weighted by Crippen LogP contribution is -2.49. The average molecular weight is 579 g/mol. The van der Waals surface area contributed by atoms with Gasteiger partial charge >= 0.3 is 12.1 Å². The van der Waals surface area contributed by atoms with Gasteiger partial charge in [-0.1, -0.05) is 52.0 Å². The quantitative estimate of drug-likeness (QED) is 0.177. The van der Waals surface area contributed by atoms with Crippen molar-refractivity contribution in [1.82, 2.24) is 15.1 Å². The molecule has 2 N–H and O–H groups in total. The van der Waals surface area contributed by atoms with Crippen molar-refractivity contribution in [3.63, 3.8) is 0 Å². The van der Waals surface area contributed by atoms with Crippen LogP contribution in [-0.2, 0) is 4.79 Å². The maximum Gasteiger partial charge on any atom is 0.395 e. The van der Waals surface area contributed by atoms with Gasteiger partial charge in [0.2, 0.25) is 0 Å². The molecule has 0 aromatic carbocycles. The Morgan fingerprint density at radius 2 is 1.78 bits per heavy atom. The number of hydrogen-bond donors (Lipinski definition) is 2. The number of hydrogen-bond acceptors (Lipinski definition) is 6. The molecule has 1 fully saturated rings. The second kappa shape index (κ2) is 18.7. The van der Waals surface area contributed by atoms with Crippen LogP contribution in [0.25, 0.3) is 0 Å². The minimum absolute atomic E-state index is 0.132. The molecule has 8 nitrogen and oxygen atoms in total. The lowest BCUT2D eigenvalue weighted by molar-refractivity contribution is -0.160. The first kappa shape index (κ1) is 35.4. The van der Waals surface area contributed by atoms with Gasteiger partial charge in [0, 0.05) is 50.7 Å². The molecule has 3 aliphatic heterocycles. The summed E-state index contributed by atoms with van der Waals surface area (Å²) < 4.78 is 39.4. The normalized spacial score (nSPS) is 22.1. The summed E-state index contributed by atoms with van der Waals surface area (Å²) in [7, 11) is 0. The van der Waals surface area contributed by atoms with Crippen LogP contribution in [0, 0.1) is 5.92 Å². The Hall–Kier alpha value is -3.63. The van der Waals surface area contributed by atoms with E-state index in [4.69, 9.17) is 5.11 Å². The van der Waals surface area contributed by atoms with Crippen LogP contribution in [0.1, 0.15) is 60.8 Å². The second-order valence-electron chi connectivity index (χ2n) is 8.89. The van der Waals surface area contributed by atoms with Crippen molar-refractivity contribution >= 4 is 23.5 Å². The lowest BCUT2D eigenvalue weighted by Gasteiger charge is -2.36. The maximum atomic E-state index is 13.1. The molecule has 41 heavy (non-hydrogen) atoms. The number of carboxylic acid groups (broad SMARTS) is 1. The number of carboxylic acids is 1. The molecule has 3 rings (SSSR count). The molecule has 0 aromatic heterocycles. The Bertz CT molecular complexity index is 1080.